The molecule has 186 valence electrons. The van der Waals surface area contributed by atoms with Gasteiger partial charge < -0.3 is 19.9 Å². The van der Waals surface area contributed by atoms with Crippen LogP contribution >= 0.6 is 0 Å². The molecule has 0 bridgehead atoms. The van der Waals surface area contributed by atoms with Crippen molar-refractivity contribution in [3.63, 3.8) is 0 Å². The van der Waals surface area contributed by atoms with E-state index in [9.17, 15) is 18.8 Å². The number of amides is 3. The molecular formula is C27H32FN3O4. The number of rotatable bonds is 8. The van der Waals surface area contributed by atoms with Crippen molar-refractivity contribution in [2.45, 2.75) is 51.1 Å². The Kier molecular flexibility index (Phi) is 7.38. The number of ether oxygens (including phenoxy) is 1. The molecule has 2 aliphatic heterocycles. The van der Waals surface area contributed by atoms with Crippen molar-refractivity contribution in [2.24, 2.45) is 0 Å². The highest BCUT2D eigenvalue weighted by molar-refractivity contribution is 5.86. The van der Waals surface area contributed by atoms with Crippen molar-refractivity contribution in [3.8, 4) is 5.75 Å². The van der Waals surface area contributed by atoms with Crippen LogP contribution in [0.4, 0.5) is 4.39 Å². The molecule has 35 heavy (non-hydrogen) atoms. The van der Waals surface area contributed by atoms with E-state index in [0.29, 0.717) is 45.3 Å². The lowest BCUT2D eigenvalue weighted by Gasteiger charge is -2.35. The predicted octanol–water partition coefficient (Wildman–Crippen LogP) is 2.99. The van der Waals surface area contributed by atoms with E-state index < -0.39 is 11.4 Å². The Labute approximate surface area is 205 Å². The first kappa shape index (κ1) is 24.7. The zero-order valence-corrected chi connectivity index (χ0v) is 20.3. The Balaban J connectivity index is 1.35. The molecule has 0 spiro atoms. The van der Waals surface area contributed by atoms with Gasteiger partial charge in [0, 0.05) is 38.0 Å². The van der Waals surface area contributed by atoms with Gasteiger partial charge in [0.2, 0.25) is 17.7 Å². The third-order valence-corrected chi connectivity index (χ3v) is 6.98. The molecule has 0 aromatic heterocycles. The molecule has 2 saturated heterocycles. The molecule has 0 radical (unpaired) electrons. The zero-order chi connectivity index (χ0) is 25.0. The predicted molar refractivity (Wildman–Crippen MR) is 129 cm³/mol. The highest BCUT2D eigenvalue weighted by atomic mass is 19.1. The van der Waals surface area contributed by atoms with Gasteiger partial charge in [-0.05, 0) is 49.4 Å². The number of halogens is 1. The van der Waals surface area contributed by atoms with E-state index in [0.717, 1.165) is 11.1 Å². The lowest BCUT2D eigenvalue weighted by molar-refractivity contribution is -0.145. The van der Waals surface area contributed by atoms with Gasteiger partial charge in [0.1, 0.15) is 0 Å². The molecule has 0 saturated carbocycles. The van der Waals surface area contributed by atoms with Gasteiger partial charge in [-0.2, -0.15) is 0 Å². The summed E-state index contributed by atoms with van der Waals surface area (Å²) >= 11 is 0. The molecule has 3 amide bonds. The highest BCUT2D eigenvalue weighted by Gasteiger charge is 2.39. The number of nitrogens with one attached hydrogen (secondary N) is 1. The van der Waals surface area contributed by atoms with Crippen LogP contribution in [-0.4, -0.2) is 59.8 Å². The van der Waals surface area contributed by atoms with Gasteiger partial charge in [-0.25, -0.2) is 4.39 Å². The van der Waals surface area contributed by atoms with Crippen molar-refractivity contribution in [1.29, 1.82) is 0 Å². The van der Waals surface area contributed by atoms with Crippen LogP contribution in [-0.2, 0) is 27.3 Å². The maximum atomic E-state index is 13.8. The fraction of sp³-hybridized carbons (Fsp3) is 0.444. The lowest BCUT2D eigenvalue weighted by atomic mass is 9.84. The van der Waals surface area contributed by atoms with Crippen molar-refractivity contribution in [3.05, 3.63) is 65.0 Å². The second kappa shape index (κ2) is 10.5. The number of piperazine rings is 1. The third kappa shape index (κ3) is 5.99. The van der Waals surface area contributed by atoms with Crippen molar-refractivity contribution >= 4 is 17.7 Å². The summed E-state index contributed by atoms with van der Waals surface area (Å²) in [6.07, 6.45) is 2.15. The SMILES string of the molecule is COc1cc(CC2(CCC(=O)N3CCN(Cc4ccc(C)cc4)C(=O)C3)CCC(=O)N2)ccc1F. The number of hydrogen-bond donors (Lipinski definition) is 1. The molecule has 2 heterocycles. The van der Waals surface area contributed by atoms with Crippen LogP contribution in [0.2, 0.25) is 0 Å². The van der Waals surface area contributed by atoms with Gasteiger partial charge in [-0.15, -0.1) is 0 Å². The molecule has 1 unspecified atom stereocenters. The van der Waals surface area contributed by atoms with Gasteiger partial charge in [0.15, 0.2) is 11.6 Å². The molecule has 4 rings (SSSR count). The summed E-state index contributed by atoms with van der Waals surface area (Å²) in [6, 6.07) is 12.8. The van der Waals surface area contributed by atoms with Gasteiger partial charge in [-0.1, -0.05) is 35.9 Å². The number of methoxy groups -OCH3 is 1. The minimum atomic E-state index is -0.577. The Morgan fingerprint density at radius 1 is 1.11 bits per heavy atom. The average Bonchev–Trinajstić information content (AvgIpc) is 3.21. The fourth-order valence-electron chi connectivity index (χ4n) is 4.89. The summed E-state index contributed by atoms with van der Waals surface area (Å²) in [6.45, 7) is 3.62. The van der Waals surface area contributed by atoms with E-state index in [1.807, 2.05) is 31.2 Å². The molecule has 2 aromatic rings. The summed E-state index contributed by atoms with van der Waals surface area (Å²) in [5.41, 5.74) is 2.50. The molecule has 0 aliphatic carbocycles. The standard InChI is InChI=1S/C27H32FN3O4/c1-19-3-5-20(6-4-19)17-30-13-14-31(18-26(30)34)25(33)10-12-27(11-9-24(32)29-27)16-21-7-8-22(28)23(15-21)35-2/h3-8,15H,9-14,16-18H2,1-2H3,(H,29,32). The summed E-state index contributed by atoms with van der Waals surface area (Å²) in [5, 5.41) is 3.05. The minimum Gasteiger partial charge on any atom is -0.494 e. The van der Waals surface area contributed by atoms with E-state index in [-0.39, 0.29) is 36.4 Å². The number of benzene rings is 2. The summed E-state index contributed by atoms with van der Waals surface area (Å²) in [4.78, 5) is 41.2. The third-order valence-electron chi connectivity index (χ3n) is 6.98. The Morgan fingerprint density at radius 3 is 2.51 bits per heavy atom. The van der Waals surface area contributed by atoms with Crippen molar-refractivity contribution < 1.29 is 23.5 Å². The molecule has 8 heteroatoms. The van der Waals surface area contributed by atoms with Gasteiger partial charge in [0.25, 0.3) is 0 Å². The van der Waals surface area contributed by atoms with Gasteiger partial charge >= 0.3 is 0 Å². The van der Waals surface area contributed by atoms with Crippen molar-refractivity contribution in [2.75, 3.05) is 26.7 Å². The van der Waals surface area contributed by atoms with E-state index in [4.69, 9.17) is 4.74 Å². The van der Waals surface area contributed by atoms with Crippen LogP contribution < -0.4 is 10.1 Å². The minimum absolute atomic E-state index is 0.0496. The van der Waals surface area contributed by atoms with Crippen LogP contribution in [0.25, 0.3) is 0 Å². The normalized spacial score (nSPS) is 20.2. The van der Waals surface area contributed by atoms with Gasteiger partial charge in [0.05, 0.1) is 13.7 Å². The van der Waals surface area contributed by atoms with Crippen LogP contribution in [0.1, 0.15) is 42.4 Å². The van der Waals surface area contributed by atoms with Crippen molar-refractivity contribution in [1.82, 2.24) is 15.1 Å². The molecule has 1 N–H and O–H groups in total. The van der Waals surface area contributed by atoms with Gasteiger partial charge in [-0.3, -0.25) is 14.4 Å². The van der Waals surface area contributed by atoms with E-state index >= 15 is 0 Å². The number of carbonyl (C=O) groups is 3. The number of hydrogen-bond acceptors (Lipinski definition) is 4. The van der Waals surface area contributed by atoms with Crippen LogP contribution in [0, 0.1) is 12.7 Å². The first-order chi connectivity index (χ1) is 16.8. The van der Waals surface area contributed by atoms with E-state index in [1.54, 1.807) is 21.9 Å². The van der Waals surface area contributed by atoms with E-state index in [2.05, 4.69) is 5.32 Å². The second-order valence-electron chi connectivity index (χ2n) is 9.59. The first-order valence-corrected chi connectivity index (χ1v) is 12.0. The lowest BCUT2D eigenvalue weighted by Crippen LogP contribution is -2.52. The van der Waals surface area contributed by atoms with E-state index in [1.165, 1.54) is 18.7 Å². The highest BCUT2D eigenvalue weighted by Crippen LogP contribution is 2.31. The van der Waals surface area contributed by atoms with Crippen LogP contribution in [0.3, 0.4) is 0 Å². The quantitative estimate of drug-likeness (QED) is 0.629. The molecular weight excluding hydrogens is 449 g/mol. The Morgan fingerprint density at radius 2 is 1.86 bits per heavy atom. The second-order valence-corrected chi connectivity index (χ2v) is 9.59. The zero-order valence-electron chi connectivity index (χ0n) is 20.3. The Bertz CT molecular complexity index is 1100. The van der Waals surface area contributed by atoms with Crippen LogP contribution in [0.5, 0.6) is 5.75 Å². The smallest absolute Gasteiger partial charge is 0.242 e. The molecule has 7 nitrogen and oxygen atoms in total. The molecule has 1 atom stereocenters. The monoisotopic (exact) mass is 481 g/mol. The molecule has 2 aromatic carbocycles. The average molecular weight is 482 g/mol. The first-order valence-electron chi connectivity index (χ1n) is 12.0. The molecule has 2 aliphatic rings. The summed E-state index contributed by atoms with van der Waals surface area (Å²) in [7, 11) is 1.41. The number of carbonyl (C=O) groups excluding carboxylic acids is 3. The number of nitrogens with zero attached hydrogens (tertiary/aromatic N) is 2. The summed E-state index contributed by atoms with van der Waals surface area (Å²) in [5.74, 6) is -0.494. The topological polar surface area (TPSA) is 79.0 Å². The Hall–Kier alpha value is -3.42. The number of aryl methyl sites for hydroxylation is 1. The summed E-state index contributed by atoms with van der Waals surface area (Å²) < 4.78 is 18.9. The largest absolute Gasteiger partial charge is 0.494 e. The molecule has 2 fully saturated rings. The maximum absolute atomic E-state index is 13.8. The fourth-order valence-corrected chi connectivity index (χ4v) is 4.89. The maximum Gasteiger partial charge on any atom is 0.242 e. The van der Waals surface area contributed by atoms with Crippen LogP contribution in [0.15, 0.2) is 42.5 Å².